The fourth-order valence-electron chi connectivity index (χ4n) is 3.46. The maximum absolute atomic E-state index is 12.9. The molecular weight excluding hydrogens is 336 g/mol. The van der Waals surface area contributed by atoms with Crippen LogP contribution in [0, 0.1) is 0 Å². The molecule has 1 amide bonds. The Labute approximate surface area is 150 Å². The molecule has 26 heavy (non-hydrogen) atoms. The lowest BCUT2D eigenvalue weighted by atomic mass is 9.95. The van der Waals surface area contributed by atoms with Crippen LogP contribution < -0.4 is 21.3 Å². The first-order valence-electron chi connectivity index (χ1n) is 9.03. The van der Waals surface area contributed by atoms with E-state index in [1.54, 1.807) is 6.07 Å². The molecule has 2 heterocycles. The van der Waals surface area contributed by atoms with E-state index in [2.05, 4.69) is 10.3 Å². The van der Waals surface area contributed by atoms with E-state index in [0.717, 1.165) is 30.3 Å². The van der Waals surface area contributed by atoms with Crippen molar-refractivity contribution in [2.24, 2.45) is 7.05 Å². The summed E-state index contributed by atoms with van der Waals surface area (Å²) in [7, 11) is 1.53. The summed E-state index contributed by atoms with van der Waals surface area (Å²) in [5.74, 6) is 0.0387. The topological polar surface area (TPSA) is 95.2 Å². The summed E-state index contributed by atoms with van der Waals surface area (Å²) in [6.07, 6.45) is 6.73. The number of nitrogens with zero attached hydrogens (tertiary/aromatic N) is 3. The Morgan fingerprint density at radius 3 is 2.73 bits per heavy atom. The van der Waals surface area contributed by atoms with Crippen molar-refractivity contribution in [3.63, 3.8) is 0 Å². The largest absolute Gasteiger partial charge is 0.493 e. The Bertz CT molecular complexity index is 925. The zero-order valence-electron chi connectivity index (χ0n) is 15.2. The van der Waals surface area contributed by atoms with Gasteiger partial charge in [-0.1, -0.05) is 19.3 Å². The van der Waals surface area contributed by atoms with Gasteiger partial charge in [0.05, 0.1) is 6.61 Å². The molecule has 0 aromatic carbocycles. The molecule has 1 fully saturated rings. The summed E-state index contributed by atoms with van der Waals surface area (Å²) in [6, 6.07) is 1.71. The maximum atomic E-state index is 12.9. The third-order valence-electron chi connectivity index (χ3n) is 4.76. The highest BCUT2D eigenvalue weighted by Crippen LogP contribution is 2.19. The molecule has 0 bridgehead atoms. The summed E-state index contributed by atoms with van der Waals surface area (Å²) < 4.78 is 7.73. The van der Waals surface area contributed by atoms with Crippen LogP contribution in [0.25, 0.3) is 11.0 Å². The summed E-state index contributed by atoms with van der Waals surface area (Å²) in [5, 5.41) is 3.15. The van der Waals surface area contributed by atoms with Gasteiger partial charge in [0.2, 0.25) is 5.91 Å². The van der Waals surface area contributed by atoms with Crippen molar-refractivity contribution in [3.8, 4) is 5.75 Å². The van der Waals surface area contributed by atoms with E-state index in [-0.39, 0.29) is 29.5 Å². The van der Waals surface area contributed by atoms with E-state index in [9.17, 15) is 14.4 Å². The zero-order valence-corrected chi connectivity index (χ0v) is 15.2. The molecule has 0 radical (unpaired) electrons. The number of aryl methyl sites for hydroxylation is 1. The number of pyridine rings is 1. The Hall–Kier alpha value is -2.64. The van der Waals surface area contributed by atoms with Crippen LogP contribution in [0.1, 0.15) is 39.0 Å². The Morgan fingerprint density at radius 2 is 2.04 bits per heavy atom. The Morgan fingerprint density at radius 1 is 1.31 bits per heavy atom. The molecule has 2 aromatic heterocycles. The molecule has 1 saturated carbocycles. The van der Waals surface area contributed by atoms with E-state index in [1.165, 1.54) is 24.2 Å². The standard InChI is InChI=1S/C18H24N4O4/c1-3-26-13-9-10-19-16-15(13)17(24)22(18(25)21(16)2)11-14(23)20-12-7-5-4-6-8-12/h9-10,12H,3-8,11H2,1-2H3,(H,20,23). The average molecular weight is 360 g/mol. The van der Waals surface area contributed by atoms with Crippen molar-refractivity contribution in [2.75, 3.05) is 6.61 Å². The predicted molar refractivity (Wildman–Crippen MR) is 97.4 cm³/mol. The van der Waals surface area contributed by atoms with Crippen LogP contribution in [0.3, 0.4) is 0 Å². The summed E-state index contributed by atoms with van der Waals surface area (Å²) in [6.45, 7) is 1.88. The molecule has 140 valence electrons. The van der Waals surface area contributed by atoms with E-state index in [1.807, 2.05) is 6.92 Å². The highest BCUT2D eigenvalue weighted by atomic mass is 16.5. The van der Waals surface area contributed by atoms with Crippen molar-refractivity contribution in [1.29, 1.82) is 0 Å². The van der Waals surface area contributed by atoms with Gasteiger partial charge in [-0.15, -0.1) is 0 Å². The molecule has 3 rings (SSSR count). The second-order valence-corrected chi connectivity index (χ2v) is 6.58. The number of nitrogens with one attached hydrogen (secondary N) is 1. The molecule has 8 nitrogen and oxygen atoms in total. The average Bonchev–Trinajstić information content (AvgIpc) is 2.64. The van der Waals surface area contributed by atoms with Gasteiger partial charge >= 0.3 is 5.69 Å². The lowest BCUT2D eigenvalue weighted by molar-refractivity contribution is -0.122. The van der Waals surface area contributed by atoms with E-state index >= 15 is 0 Å². The molecule has 0 spiro atoms. The normalized spacial score (nSPS) is 15.2. The zero-order chi connectivity index (χ0) is 18.7. The predicted octanol–water partition coefficient (Wildman–Crippen LogP) is 0.943. The number of ether oxygens (including phenoxy) is 1. The number of rotatable bonds is 5. The third kappa shape index (κ3) is 3.49. The molecule has 0 saturated heterocycles. The molecule has 0 atom stereocenters. The van der Waals surface area contributed by atoms with Crippen molar-refractivity contribution in [2.45, 2.75) is 51.6 Å². The van der Waals surface area contributed by atoms with Gasteiger partial charge in [-0.05, 0) is 25.8 Å². The minimum Gasteiger partial charge on any atom is -0.493 e. The van der Waals surface area contributed by atoms with E-state index < -0.39 is 11.2 Å². The van der Waals surface area contributed by atoms with Crippen LogP contribution in [0.5, 0.6) is 5.75 Å². The van der Waals surface area contributed by atoms with Crippen LogP contribution in [0.2, 0.25) is 0 Å². The maximum Gasteiger partial charge on any atom is 0.332 e. The van der Waals surface area contributed by atoms with Crippen molar-refractivity contribution in [1.82, 2.24) is 19.4 Å². The first-order valence-corrected chi connectivity index (χ1v) is 9.03. The molecule has 1 aliphatic carbocycles. The Kier molecular flexibility index (Phi) is 5.39. The van der Waals surface area contributed by atoms with E-state index in [0.29, 0.717) is 12.4 Å². The Balaban J connectivity index is 1.97. The van der Waals surface area contributed by atoms with Crippen molar-refractivity contribution in [3.05, 3.63) is 33.1 Å². The molecular formula is C18H24N4O4. The highest BCUT2D eigenvalue weighted by Gasteiger charge is 2.20. The van der Waals surface area contributed by atoms with Crippen LogP contribution in [0.15, 0.2) is 21.9 Å². The first-order chi connectivity index (χ1) is 12.5. The quantitative estimate of drug-likeness (QED) is 0.856. The molecule has 8 heteroatoms. The second kappa shape index (κ2) is 7.72. The van der Waals surface area contributed by atoms with Crippen LogP contribution in [-0.4, -0.2) is 32.7 Å². The van der Waals surface area contributed by atoms with Gasteiger partial charge < -0.3 is 10.1 Å². The minimum atomic E-state index is -0.567. The van der Waals surface area contributed by atoms with Gasteiger partial charge in [0.25, 0.3) is 5.56 Å². The molecule has 0 aliphatic heterocycles. The molecule has 2 aromatic rings. The fraction of sp³-hybridized carbons (Fsp3) is 0.556. The fourth-order valence-corrected chi connectivity index (χ4v) is 3.46. The number of carbonyl (C=O) groups is 1. The van der Waals surface area contributed by atoms with Gasteiger partial charge in [0, 0.05) is 19.3 Å². The number of carbonyl (C=O) groups excluding carboxylic acids is 1. The number of hydrogen-bond donors (Lipinski definition) is 1. The summed E-state index contributed by atoms with van der Waals surface area (Å²) >= 11 is 0. The van der Waals surface area contributed by atoms with Gasteiger partial charge in [-0.2, -0.15) is 0 Å². The summed E-state index contributed by atoms with van der Waals surface area (Å²) in [5.41, 5.74) is -0.879. The molecule has 1 N–H and O–H groups in total. The highest BCUT2D eigenvalue weighted by molar-refractivity contribution is 5.82. The van der Waals surface area contributed by atoms with Crippen molar-refractivity contribution >= 4 is 16.9 Å². The summed E-state index contributed by atoms with van der Waals surface area (Å²) in [4.78, 5) is 41.9. The number of amides is 1. The number of fused-ring (bicyclic) bond motifs is 1. The van der Waals surface area contributed by atoms with Gasteiger partial charge in [-0.25, -0.2) is 14.3 Å². The van der Waals surface area contributed by atoms with Gasteiger partial charge in [0.15, 0.2) is 5.65 Å². The van der Waals surface area contributed by atoms with Crippen LogP contribution in [-0.2, 0) is 18.4 Å². The van der Waals surface area contributed by atoms with Crippen LogP contribution >= 0.6 is 0 Å². The molecule has 0 unspecified atom stereocenters. The van der Waals surface area contributed by atoms with E-state index in [4.69, 9.17) is 4.74 Å². The van der Waals surface area contributed by atoms with Gasteiger partial charge in [-0.3, -0.25) is 14.2 Å². The second-order valence-electron chi connectivity index (χ2n) is 6.58. The smallest absolute Gasteiger partial charge is 0.332 e. The van der Waals surface area contributed by atoms with Crippen LogP contribution in [0.4, 0.5) is 0 Å². The SMILES string of the molecule is CCOc1ccnc2c1c(=O)n(CC(=O)NC1CCCCC1)c(=O)n2C. The third-order valence-corrected chi connectivity index (χ3v) is 4.76. The lowest BCUT2D eigenvalue weighted by Gasteiger charge is -2.23. The minimum absolute atomic E-state index is 0.122. The number of aromatic nitrogens is 3. The molecule has 1 aliphatic rings. The van der Waals surface area contributed by atoms with Crippen molar-refractivity contribution < 1.29 is 9.53 Å². The lowest BCUT2D eigenvalue weighted by Crippen LogP contribution is -2.45. The monoisotopic (exact) mass is 360 g/mol. The first kappa shape index (κ1) is 18.2. The number of hydrogen-bond acceptors (Lipinski definition) is 5. The van der Waals surface area contributed by atoms with Gasteiger partial charge in [0.1, 0.15) is 17.7 Å².